The monoisotopic (exact) mass is 457 g/mol. The predicted octanol–water partition coefficient (Wildman–Crippen LogP) is 3.11. The van der Waals surface area contributed by atoms with Gasteiger partial charge in [-0.15, -0.1) is 0 Å². The van der Waals surface area contributed by atoms with Gasteiger partial charge in [-0.05, 0) is 30.5 Å². The molecule has 0 saturated carbocycles. The average molecular weight is 457 g/mol. The van der Waals surface area contributed by atoms with Crippen molar-refractivity contribution >= 4 is 22.7 Å². The highest BCUT2D eigenvalue weighted by Gasteiger charge is 2.47. The zero-order chi connectivity index (χ0) is 22.7. The molecule has 0 radical (unpaired) electrons. The topological polar surface area (TPSA) is 63.5 Å². The van der Waals surface area contributed by atoms with Gasteiger partial charge < -0.3 is 14.5 Å². The van der Waals surface area contributed by atoms with Gasteiger partial charge in [0.15, 0.2) is 0 Å². The van der Waals surface area contributed by atoms with Crippen molar-refractivity contribution in [2.75, 3.05) is 23.0 Å². The Morgan fingerprint density at radius 3 is 2.82 bits per heavy atom. The number of ether oxygens (including phenoxy) is 1. The number of benzene rings is 1. The Bertz CT molecular complexity index is 1270. The fraction of sp³-hybridized carbons (Fsp3) is 0.435. The third kappa shape index (κ3) is 3.43. The molecule has 3 aliphatic heterocycles. The van der Waals surface area contributed by atoms with E-state index in [1.807, 2.05) is 17.0 Å². The minimum Gasteiger partial charge on any atom is -0.374 e. The largest absolute Gasteiger partial charge is 0.408 e. The van der Waals surface area contributed by atoms with Gasteiger partial charge in [0.1, 0.15) is 11.9 Å². The van der Waals surface area contributed by atoms with Crippen LogP contribution in [0.5, 0.6) is 0 Å². The molecule has 6 rings (SSSR count). The summed E-state index contributed by atoms with van der Waals surface area (Å²) >= 11 is 0. The maximum absolute atomic E-state index is 14.1. The highest BCUT2D eigenvalue weighted by Crippen LogP contribution is 2.37. The number of aromatic nitrogens is 3. The molecule has 172 valence electrons. The van der Waals surface area contributed by atoms with Crippen LogP contribution in [0.1, 0.15) is 18.4 Å². The Labute approximate surface area is 187 Å². The molecule has 1 aromatic carbocycles. The summed E-state index contributed by atoms with van der Waals surface area (Å²) in [5, 5.41) is 0.783. The number of rotatable bonds is 3. The van der Waals surface area contributed by atoms with Gasteiger partial charge >= 0.3 is 6.18 Å². The standard InChI is InChI=1S/C23H22F3N5O2/c24-23(25,26)19-6-8-29-21(32)10-20(30-12-16-9-15(30)13-33-16)28-22(29)31(19)11-14-3-1-5-18-17(14)4-2-7-27-18/h1-5,7,10,15-16,19H,6,8-9,11-13H2/t15-,16?,19-/m0/s1. The molecular formula is C23H22F3N5O2. The SMILES string of the molecule is O=c1cc(N2CC3C[C@H]2CO3)nc2n1CC[C@@H](C(F)(F)F)N2Cc1cccc2ncccc12. The van der Waals surface area contributed by atoms with Gasteiger partial charge in [-0.3, -0.25) is 14.3 Å². The second-order valence-corrected chi connectivity index (χ2v) is 8.86. The molecule has 2 bridgehead atoms. The van der Waals surface area contributed by atoms with Gasteiger partial charge in [0, 0.05) is 37.3 Å². The molecule has 2 fully saturated rings. The van der Waals surface area contributed by atoms with E-state index in [2.05, 4.69) is 9.97 Å². The van der Waals surface area contributed by atoms with Crippen molar-refractivity contribution in [3.05, 3.63) is 58.5 Å². The van der Waals surface area contributed by atoms with Crippen molar-refractivity contribution in [3.63, 3.8) is 0 Å². The summed E-state index contributed by atoms with van der Waals surface area (Å²) < 4.78 is 49.4. The molecule has 10 heteroatoms. The van der Waals surface area contributed by atoms with Crippen LogP contribution in [0.2, 0.25) is 0 Å². The van der Waals surface area contributed by atoms with E-state index in [0.29, 0.717) is 30.0 Å². The van der Waals surface area contributed by atoms with E-state index < -0.39 is 12.2 Å². The van der Waals surface area contributed by atoms with Crippen LogP contribution >= 0.6 is 0 Å². The number of halogens is 3. The fourth-order valence-electron chi connectivity index (χ4n) is 5.30. The Kier molecular flexibility index (Phi) is 4.62. The zero-order valence-corrected chi connectivity index (χ0v) is 17.7. The van der Waals surface area contributed by atoms with E-state index in [1.54, 1.807) is 24.4 Å². The quantitative estimate of drug-likeness (QED) is 0.603. The highest BCUT2D eigenvalue weighted by atomic mass is 19.4. The van der Waals surface area contributed by atoms with Crippen LogP contribution in [-0.4, -0.2) is 52.1 Å². The van der Waals surface area contributed by atoms with Gasteiger partial charge in [0.05, 0.1) is 24.3 Å². The summed E-state index contributed by atoms with van der Waals surface area (Å²) in [7, 11) is 0. The van der Waals surface area contributed by atoms with E-state index in [4.69, 9.17) is 4.74 Å². The van der Waals surface area contributed by atoms with Crippen LogP contribution in [0.3, 0.4) is 0 Å². The molecule has 0 N–H and O–H groups in total. The van der Waals surface area contributed by atoms with E-state index in [9.17, 15) is 18.0 Å². The minimum atomic E-state index is -4.46. The number of fused-ring (bicyclic) bond motifs is 4. The maximum Gasteiger partial charge on any atom is 0.408 e. The normalized spacial score (nSPS) is 24.5. The third-order valence-electron chi connectivity index (χ3n) is 6.88. The molecule has 5 heterocycles. The lowest BCUT2D eigenvalue weighted by atomic mass is 10.0. The van der Waals surface area contributed by atoms with Crippen LogP contribution in [0.4, 0.5) is 24.9 Å². The van der Waals surface area contributed by atoms with Crippen LogP contribution in [0.25, 0.3) is 10.9 Å². The predicted molar refractivity (Wildman–Crippen MR) is 116 cm³/mol. The second-order valence-electron chi connectivity index (χ2n) is 8.86. The number of alkyl halides is 3. The lowest BCUT2D eigenvalue weighted by Gasteiger charge is -2.40. The lowest BCUT2D eigenvalue weighted by molar-refractivity contribution is -0.153. The molecule has 0 aliphatic carbocycles. The Hall–Kier alpha value is -3.14. The van der Waals surface area contributed by atoms with Crippen LogP contribution in [0.15, 0.2) is 47.4 Å². The molecule has 3 atom stereocenters. The molecule has 2 aromatic heterocycles. The molecule has 3 aliphatic rings. The number of hydrogen-bond donors (Lipinski definition) is 0. The summed E-state index contributed by atoms with van der Waals surface area (Å²) in [6.07, 6.45) is -2.08. The summed E-state index contributed by atoms with van der Waals surface area (Å²) in [5.41, 5.74) is 1.09. The van der Waals surface area contributed by atoms with Crippen molar-refractivity contribution in [2.45, 2.75) is 50.3 Å². The number of nitrogens with zero attached hydrogens (tertiary/aromatic N) is 5. The number of anilines is 2. The Balaban J connectivity index is 1.46. The molecular weight excluding hydrogens is 435 g/mol. The molecule has 3 aromatic rings. The summed E-state index contributed by atoms with van der Waals surface area (Å²) in [6, 6.07) is 8.84. The first-order valence-corrected chi connectivity index (χ1v) is 11.0. The van der Waals surface area contributed by atoms with Crippen molar-refractivity contribution in [2.24, 2.45) is 0 Å². The Morgan fingerprint density at radius 1 is 1.18 bits per heavy atom. The van der Waals surface area contributed by atoms with E-state index in [1.165, 1.54) is 15.5 Å². The van der Waals surface area contributed by atoms with Crippen LogP contribution < -0.4 is 15.4 Å². The average Bonchev–Trinajstić information content (AvgIpc) is 3.43. The fourth-order valence-corrected chi connectivity index (χ4v) is 5.30. The molecule has 2 saturated heterocycles. The highest BCUT2D eigenvalue weighted by molar-refractivity contribution is 5.82. The third-order valence-corrected chi connectivity index (χ3v) is 6.88. The molecule has 33 heavy (non-hydrogen) atoms. The number of pyridine rings is 1. The molecule has 0 amide bonds. The smallest absolute Gasteiger partial charge is 0.374 e. The number of hydrogen-bond acceptors (Lipinski definition) is 6. The number of morpholine rings is 1. The first-order valence-electron chi connectivity index (χ1n) is 11.0. The first kappa shape index (κ1) is 20.5. The van der Waals surface area contributed by atoms with E-state index in [-0.39, 0.29) is 43.2 Å². The molecule has 7 nitrogen and oxygen atoms in total. The lowest BCUT2D eigenvalue weighted by Crippen LogP contribution is -2.52. The Morgan fingerprint density at radius 2 is 2.06 bits per heavy atom. The minimum absolute atomic E-state index is 0.0195. The van der Waals surface area contributed by atoms with Gasteiger partial charge in [0.2, 0.25) is 5.95 Å². The van der Waals surface area contributed by atoms with Crippen molar-refractivity contribution in [1.82, 2.24) is 14.5 Å². The molecule has 1 unspecified atom stereocenters. The first-order chi connectivity index (χ1) is 15.9. The second kappa shape index (κ2) is 7.44. The van der Waals surface area contributed by atoms with Crippen LogP contribution in [0, 0.1) is 0 Å². The van der Waals surface area contributed by atoms with Gasteiger partial charge in [-0.25, -0.2) is 0 Å². The van der Waals surface area contributed by atoms with Gasteiger partial charge in [-0.2, -0.15) is 18.2 Å². The van der Waals surface area contributed by atoms with Crippen LogP contribution in [-0.2, 0) is 17.8 Å². The summed E-state index contributed by atoms with van der Waals surface area (Å²) in [4.78, 5) is 25.2. The summed E-state index contributed by atoms with van der Waals surface area (Å²) in [6.45, 7) is 1.09. The van der Waals surface area contributed by atoms with Crippen molar-refractivity contribution in [1.29, 1.82) is 0 Å². The zero-order valence-electron chi connectivity index (χ0n) is 17.7. The van der Waals surface area contributed by atoms with Crippen molar-refractivity contribution in [3.8, 4) is 0 Å². The van der Waals surface area contributed by atoms with E-state index in [0.717, 1.165) is 11.8 Å². The van der Waals surface area contributed by atoms with Gasteiger partial charge in [0.25, 0.3) is 5.56 Å². The van der Waals surface area contributed by atoms with Gasteiger partial charge in [-0.1, -0.05) is 18.2 Å². The maximum atomic E-state index is 14.1. The molecule has 0 spiro atoms. The summed E-state index contributed by atoms with van der Waals surface area (Å²) in [5.74, 6) is 0.491. The van der Waals surface area contributed by atoms with E-state index >= 15 is 0 Å². The van der Waals surface area contributed by atoms with Crippen molar-refractivity contribution < 1.29 is 17.9 Å².